The fourth-order valence-corrected chi connectivity index (χ4v) is 4.56. The lowest BCUT2D eigenvalue weighted by atomic mass is 10.2. The number of benzene rings is 1. The van der Waals surface area contributed by atoms with Crippen molar-refractivity contribution in [3.8, 4) is 0 Å². The summed E-state index contributed by atoms with van der Waals surface area (Å²) < 4.78 is 1.68. The maximum Gasteiger partial charge on any atom is 0.270 e. The van der Waals surface area contributed by atoms with E-state index in [2.05, 4.69) is 14.9 Å². The van der Waals surface area contributed by atoms with Gasteiger partial charge in [0.15, 0.2) is 0 Å². The summed E-state index contributed by atoms with van der Waals surface area (Å²) in [6, 6.07) is 11.7. The number of thiophene rings is 1. The molecule has 4 aromatic rings. The van der Waals surface area contributed by atoms with Crippen LogP contribution in [0.15, 0.2) is 52.9 Å². The normalized spacial score (nSPS) is 15.4. The van der Waals surface area contributed by atoms with E-state index in [9.17, 15) is 9.59 Å². The molecule has 0 bridgehead atoms. The number of piperazine rings is 1. The van der Waals surface area contributed by atoms with Crippen LogP contribution < -0.4 is 5.56 Å². The predicted molar refractivity (Wildman–Crippen MR) is 115 cm³/mol. The van der Waals surface area contributed by atoms with Gasteiger partial charge in [0.1, 0.15) is 10.5 Å². The number of amides is 1. The van der Waals surface area contributed by atoms with E-state index >= 15 is 0 Å². The van der Waals surface area contributed by atoms with Crippen LogP contribution in [0.2, 0.25) is 0 Å². The molecule has 4 heterocycles. The molecule has 7 nitrogen and oxygen atoms in total. The minimum absolute atomic E-state index is 0.0175. The number of aromatic nitrogens is 3. The molecule has 0 aliphatic carbocycles. The molecular weight excluding hydrogens is 386 g/mol. The van der Waals surface area contributed by atoms with Crippen molar-refractivity contribution in [2.24, 2.45) is 0 Å². The Morgan fingerprint density at radius 1 is 1.10 bits per heavy atom. The Morgan fingerprint density at radius 2 is 1.93 bits per heavy atom. The van der Waals surface area contributed by atoms with Crippen molar-refractivity contribution in [3.63, 3.8) is 0 Å². The lowest BCUT2D eigenvalue weighted by Crippen LogP contribution is -2.49. The number of hydrogen-bond acceptors (Lipinski definition) is 5. The fourth-order valence-electron chi connectivity index (χ4n) is 3.84. The van der Waals surface area contributed by atoms with Gasteiger partial charge in [0.2, 0.25) is 0 Å². The first-order valence-corrected chi connectivity index (χ1v) is 10.6. The number of nitrogens with one attached hydrogen (secondary N) is 1. The van der Waals surface area contributed by atoms with Crippen LogP contribution in [0.4, 0.5) is 0 Å². The molecule has 1 amide bonds. The number of rotatable bonds is 4. The molecule has 0 spiro atoms. The molecule has 3 aromatic heterocycles. The van der Waals surface area contributed by atoms with E-state index in [-0.39, 0.29) is 11.5 Å². The van der Waals surface area contributed by atoms with Gasteiger partial charge in [-0.25, -0.2) is 4.98 Å². The zero-order chi connectivity index (χ0) is 19.8. The lowest BCUT2D eigenvalue weighted by Gasteiger charge is -2.34. The minimum atomic E-state index is 0.0175. The largest absolute Gasteiger partial charge is 0.351 e. The predicted octanol–water partition coefficient (Wildman–Crippen LogP) is 2.40. The van der Waals surface area contributed by atoms with Crippen molar-refractivity contribution < 1.29 is 4.79 Å². The van der Waals surface area contributed by atoms with Gasteiger partial charge in [0.25, 0.3) is 11.5 Å². The van der Waals surface area contributed by atoms with Gasteiger partial charge >= 0.3 is 0 Å². The summed E-state index contributed by atoms with van der Waals surface area (Å²) in [5.41, 5.74) is 1.64. The summed E-state index contributed by atoms with van der Waals surface area (Å²) in [6.45, 7) is 4.35. The zero-order valence-corrected chi connectivity index (χ0v) is 16.7. The van der Waals surface area contributed by atoms with Crippen LogP contribution in [0.5, 0.6) is 0 Å². The van der Waals surface area contributed by atoms with Gasteiger partial charge in [-0.2, -0.15) is 0 Å². The summed E-state index contributed by atoms with van der Waals surface area (Å²) in [4.78, 5) is 37.9. The Kier molecular flexibility index (Phi) is 4.65. The van der Waals surface area contributed by atoms with Gasteiger partial charge in [-0.3, -0.25) is 19.1 Å². The van der Waals surface area contributed by atoms with Crippen LogP contribution in [-0.4, -0.2) is 63.0 Å². The number of fused-ring (bicyclic) bond motifs is 2. The highest BCUT2D eigenvalue weighted by Gasteiger charge is 2.23. The van der Waals surface area contributed by atoms with E-state index in [0.29, 0.717) is 30.7 Å². The molecule has 1 aromatic carbocycles. The molecule has 1 fully saturated rings. The molecule has 148 valence electrons. The molecule has 1 N–H and O–H groups in total. The number of hydrogen-bond donors (Lipinski definition) is 1. The number of carbonyl (C=O) groups is 1. The van der Waals surface area contributed by atoms with Crippen LogP contribution in [-0.2, 0) is 6.54 Å². The number of nitrogens with zero attached hydrogens (tertiary/aromatic N) is 4. The lowest BCUT2D eigenvalue weighted by molar-refractivity contribution is 0.0628. The number of aromatic amines is 1. The first-order chi connectivity index (χ1) is 14.2. The van der Waals surface area contributed by atoms with Crippen LogP contribution in [0.3, 0.4) is 0 Å². The Balaban J connectivity index is 1.19. The van der Waals surface area contributed by atoms with Crippen LogP contribution >= 0.6 is 11.3 Å². The van der Waals surface area contributed by atoms with Crippen LogP contribution in [0.1, 0.15) is 10.5 Å². The van der Waals surface area contributed by atoms with Crippen molar-refractivity contribution in [2.75, 3.05) is 32.7 Å². The van der Waals surface area contributed by atoms with Gasteiger partial charge < -0.3 is 9.88 Å². The van der Waals surface area contributed by atoms with Crippen LogP contribution in [0.25, 0.3) is 21.1 Å². The maximum absolute atomic E-state index is 12.8. The van der Waals surface area contributed by atoms with Gasteiger partial charge in [-0.15, -0.1) is 11.3 Å². The van der Waals surface area contributed by atoms with E-state index in [1.54, 1.807) is 10.9 Å². The molecule has 8 heteroatoms. The number of para-hydroxylation sites is 1. The van der Waals surface area contributed by atoms with Gasteiger partial charge in [-0.05, 0) is 23.6 Å². The molecule has 5 rings (SSSR count). The van der Waals surface area contributed by atoms with Gasteiger partial charge in [0.05, 0.1) is 11.7 Å². The molecule has 0 saturated carbocycles. The van der Waals surface area contributed by atoms with E-state index in [4.69, 9.17) is 0 Å². The third-order valence-corrected chi connectivity index (χ3v) is 6.35. The van der Waals surface area contributed by atoms with E-state index in [1.165, 1.54) is 11.3 Å². The van der Waals surface area contributed by atoms with Crippen molar-refractivity contribution in [2.45, 2.75) is 6.54 Å². The topological polar surface area (TPSA) is 74.2 Å². The molecule has 1 saturated heterocycles. The summed E-state index contributed by atoms with van der Waals surface area (Å²) in [5, 5.41) is 3.63. The summed E-state index contributed by atoms with van der Waals surface area (Å²) in [6.07, 6.45) is 1.64. The van der Waals surface area contributed by atoms with Crippen LogP contribution in [0, 0.1) is 0 Å². The zero-order valence-electron chi connectivity index (χ0n) is 15.9. The fraction of sp³-hybridized carbons (Fsp3) is 0.286. The minimum Gasteiger partial charge on any atom is -0.351 e. The Hall–Kier alpha value is -2.97. The molecular formula is C21H21N5O2S. The first-order valence-electron chi connectivity index (χ1n) is 9.71. The second-order valence-electron chi connectivity index (χ2n) is 7.29. The highest BCUT2D eigenvalue weighted by atomic mass is 32.1. The van der Waals surface area contributed by atoms with E-state index < -0.39 is 0 Å². The Labute approximate surface area is 171 Å². The van der Waals surface area contributed by atoms with Gasteiger partial charge in [-0.1, -0.05) is 18.2 Å². The molecule has 0 atom stereocenters. The third-order valence-electron chi connectivity index (χ3n) is 5.53. The van der Waals surface area contributed by atoms with Crippen molar-refractivity contribution in [3.05, 3.63) is 64.2 Å². The first kappa shape index (κ1) is 18.1. The Bertz CT molecular complexity index is 1200. The molecule has 0 radical (unpaired) electrons. The van der Waals surface area contributed by atoms with E-state index in [1.807, 2.05) is 46.7 Å². The average Bonchev–Trinajstić information content (AvgIpc) is 3.40. The monoisotopic (exact) mass is 407 g/mol. The van der Waals surface area contributed by atoms with Crippen molar-refractivity contribution >= 4 is 38.4 Å². The number of carbonyl (C=O) groups excluding carboxylic acids is 1. The van der Waals surface area contributed by atoms with Gasteiger partial charge in [0, 0.05) is 50.2 Å². The van der Waals surface area contributed by atoms with E-state index in [0.717, 1.165) is 35.4 Å². The highest BCUT2D eigenvalue weighted by Crippen LogP contribution is 2.17. The molecule has 0 unspecified atom stereocenters. The third kappa shape index (κ3) is 3.45. The second-order valence-corrected chi connectivity index (χ2v) is 8.18. The van der Waals surface area contributed by atoms with Crippen molar-refractivity contribution in [1.82, 2.24) is 24.3 Å². The second kappa shape index (κ2) is 7.46. The number of H-pyrrole nitrogens is 1. The average molecular weight is 407 g/mol. The molecule has 29 heavy (non-hydrogen) atoms. The smallest absolute Gasteiger partial charge is 0.270 e. The standard InChI is InChI=1S/C21H21N5O2S/c27-20-16-5-12-29-19(16)22-14-26(20)11-8-24-6-9-25(10-7-24)21(28)18-13-15-3-1-2-4-17(15)23-18/h1-5,12-14,23H,6-11H2. The van der Waals surface area contributed by atoms with Crippen molar-refractivity contribution in [1.29, 1.82) is 0 Å². The summed E-state index contributed by atoms with van der Waals surface area (Å²) in [7, 11) is 0. The maximum atomic E-state index is 12.8. The Morgan fingerprint density at radius 3 is 2.76 bits per heavy atom. The molecule has 1 aliphatic rings. The summed E-state index contributed by atoms with van der Waals surface area (Å²) in [5.74, 6) is 0.0455. The SMILES string of the molecule is O=C(c1cc2ccccc2[nH]1)N1CCN(CCn2cnc3sccc3c2=O)CC1. The highest BCUT2D eigenvalue weighted by molar-refractivity contribution is 7.16. The summed E-state index contributed by atoms with van der Waals surface area (Å²) >= 11 is 1.48. The molecule has 1 aliphatic heterocycles. The quantitative estimate of drug-likeness (QED) is 0.564.